The van der Waals surface area contributed by atoms with Crippen molar-refractivity contribution in [1.82, 2.24) is 4.57 Å². The van der Waals surface area contributed by atoms with Crippen LogP contribution in [0.1, 0.15) is 11.1 Å². The first-order chi connectivity index (χ1) is 22.8. The zero-order chi connectivity index (χ0) is 33.1. The maximum atomic E-state index is 12.4. The van der Waals surface area contributed by atoms with Crippen LogP contribution < -0.4 is 0 Å². The second kappa shape index (κ2) is 13.7. The van der Waals surface area contributed by atoms with E-state index in [2.05, 4.69) is 74.3 Å². The van der Waals surface area contributed by atoms with Crippen LogP contribution in [0.4, 0.5) is 15.8 Å². The topological polar surface area (TPSA) is 91.2 Å². The highest BCUT2D eigenvalue weighted by molar-refractivity contribution is 9.11. The van der Waals surface area contributed by atoms with Crippen LogP contribution in [0, 0.1) is 26.0 Å². The maximum absolute atomic E-state index is 12.4. The number of nitrogens with zero attached hydrogens (tertiary/aromatic N) is 3. The van der Waals surface area contributed by atoms with Crippen molar-refractivity contribution in [2.45, 2.75) is 6.42 Å². The number of para-hydroxylation sites is 5. The lowest BCUT2D eigenvalue weighted by molar-refractivity contribution is -0.387. The van der Waals surface area contributed by atoms with E-state index >= 15 is 0 Å². The third-order valence-electron chi connectivity index (χ3n) is 7.81. The fourth-order valence-corrected chi connectivity index (χ4v) is 6.80. The average Bonchev–Trinajstić information content (AvgIpc) is 3.63. The maximum Gasteiger partial charge on any atom is 0.304 e. The first kappa shape index (κ1) is 31.8. The first-order valence-electron chi connectivity index (χ1n) is 14.4. The van der Waals surface area contributed by atoms with Gasteiger partial charge < -0.3 is 4.57 Å². The van der Waals surface area contributed by atoms with Crippen molar-refractivity contribution in [2.24, 2.45) is 0 Å². The Hall–Kier alpha value is -5.19. The lowest BCUT2D eigenvalue weighted by atomic mass is 10.1. The SMILES string of the molecule is Brc1cccc2c1Cc1ccccc1-2.O=[N+]([O-])c1ccccc1-n1c2ccccc2c2cccc(Br)c21.O=[N+]([O-])c1ccccc1F. The highest BCUT2D eigenvalue weighted by Crippen LogP contribution is 2.40. The summed E-state index contributed by atoms with van der Waals surface area (Å²) in [7, 11) is 0. The molecule has 7 nitrogen and oxygen atoms in total. The molecular formula is C37H24Br2FN3O4. The normalized spacial score (nSPS) is 11.1. The van der Waals surface area contributed by atoms with Crippen LogP contribution >= 0.6 is 31.9 Å². The van der Waals surface area contributed by atoms with E-state index in [1.54, 1.807) is 12.1 Å². The van der Waals surface area contributed by atoms with Crippen molar-refractivity contribution in [2.75, 3.05) is 0 Å². The van der Waals surface area contributed by atoms with Gasteiger partial charge in [-0.15, -0.1) is 0 Å². The molecule has 0 unspecified atom stereocenters. The number of nitro groups is 2. The van der Waals surface area contributed by atoms with Gasteiger partial charge in [-0.05, 0) is 74.9 Å². The standard InChI is InChI=1S/C18H11BrN2O2.C13H9Br.C6H4FNO2/c19-14-8-5-7-13-12-6-1-2-9-15(12)20(18(13)14)16-10-3-4-11-17(16)21(22)23;14-13-7-3-6-11-10-5-2-1-4-9(10)8-12(11)13;7-5-3-1-2-4-6(5)8(9)10/h1-11H;1-7H,8H2;1-4H. The van der Waals surface area contributed by atoms with Crippen LogP contribution in [0.15, 0.2) is 142 Å². The molecular weight excluding hydrogens is 729 g/mol. The second-order valence-electron chi connectivity index (χ2n) is 10.5. The zero-order valence-corrected chi connectivity index (χ0v) is 27.7. The molecule has 232 valence electrons. The van der Waals surface area contributed by atoms with Crippen LogP contribution in [-0.4, -0.2) is 14.4 Å². The molecule has 0 bridgehead atoms. The summed E-state index contributed by atoms with van der Waals surface area (Å²) >= 11 is 7.20. The van der Waals surface area contributed by atoms with Crippen LogP contribution in [0.5, 0.6) is 0 Å². The molecule has 0 saturated carbocycles. The van der Waals surface area contributed by atoms with Gasteiger partial charge in [0.2, 0.25) is 5.82 Å². The fourth-order valence-electron chi connectivity index (χ4n) is 5.75. The zero-order valence-electron chi connectivity index (χ0n) is 24.5. The summed E-state index contributed by atoms with van der Waals surface area (Å²) in [5, 5.41) is 23.6. The van der Waals surface area contributed by atoms with Gasteiger partial charge in [0.1, 0.15) is 5.69 Å². The lowest BCUT2D eigenvalue weighted by Gasteiger charge is -2.09. The van der Waals surface area contributed by atoms with Gasteiger partial charge >= 0.3 is 5.69 Å². The summed E-state index contributed by atoms with van der Waals surface area (Å²) in [6.45, 7) is 0. The Morgan fingerprint density at radius 1 is 0.596 bits per heavy atom. The Labute approximate surface area is 285 Å². The third kappa shape index (κ3) is 6.30. The van der Waals surface area contributed by atoms with Gasteiger partial charge in [-0.25, -0.2) is 0 Å². The van der Waals surface area contributed by atoms with Gasteiger partial charge in [-0.2, -0.15) is 4.39 Å². The summed E-state index contributed by atoms with van der Waals surface area (Å²) in [4.78, 5) is 20.3. The Bertz CT molecular complexity index is 2300. The van der Waals surface area contributed by atoms with E-state index < -0.39 is 16.4 Å². The fraction of sp³-hybridized carbons (Fsp3) is 0.0270. The molecule has 47 heavy (non-hydrogen) atoms. The van der Waals surface area contributed by atoms with Crippen molar-refractivity contribution < 1.29 is 14.2 Å². The summed E-state index contributed by atoms with van der Waals surface area (Å²) in [6.07, 6.45) is 1.06. The van der Waals surface area contributed by atoms with E-state index in [-0.39, 0.29) is 10.6 Å². The molecule has 1 aliphatic carbocycles. The highest BCUT2D eigenvalue weighted by Gasteiger charge is 2.21. The molecule has 1 aliphatic rings. The van der Waals surface area contributed by atoms with E-state index in [0.717, 1.165) is 44.8 Å². The first-order valence-corrected chi connectivity index (χ1v) is 16.0. The van der Waals surface area contributed by atoms with Crippen LogP contribution in [-0.2, 0) is 6.42 Å². The quantitative estimate of drug-likeness (QED) is 0.133. The van der Waals surface area contributed by atoms with Gasteiger partial charge in [0.05, 0.1) is 20.9 Å². The molecule has 0 saturated heterocycles. The Kier molecular flexibility index (Phi) is 9.24. The summed E-state index contributed by atoms with van der Waals surface area (Å²) < 4.78 is 16.5. The van der Waals surface area contributed by atoms with E-state index in [1.807, 2.05) is 53.1 Å². The number of hydrogen-bond donors (Lipinski definition) is 0. The Morgan fingerprint density at radius 3 is 1.91 bits per heavy atom. The number of halogens is 3. The van der Waals surface area contributed by atoms with Gasteiger partial charge in [-0.3, -0.25) is 20.2 Å². The van der Waals surface area contributed by atoms with Gasteiger partial charge in [0, 0.05) is 31.9 Å². The van der Waals surface area contributed by atoms with E-state index in [4.69, 9.17) is 0 Å². The predicted octanol–water partition coefficient (Wildman–Crippen LogP) is 11.2. The summed E-state index contributed by atoms with van der Waals surface area (Å²) in [5.41, 5.74) is 7.69. The van der Waals surface area contributed by atoms with Crippen molar-refractivity contribution in [3.8, 4) is 16.8 Å². The molecule has 0 fully saturated rings. The number of hydrogen-bond acceptors (Lipinski definition) is 4. The summed E-state index contributed by atoms with van der Waals surface area (Å²) in [6, 6.07) is 40.8. The highest BCUT2D eigenvalue weighted by atomic mass is 79.9. The third-order valence-corrected chi connectivity index (χ3v) is 9.19. The van der Waals surface area contributed by atoms with Gasteiger partial charge in [0.25, 0.3) is 5.69 Å². The molecule has 0 spiro atoms. The number of rotatable bonds is 3. The molecule has 0 radical (unpaired) electrons. The minimum absolute atomic E-state index is 0.0888. The Morgan fingerprint density at radius 2 is 1.17 bits per heavy atom. The summed E-state index contributed by atoms with van der Waals surface area (Å²) in [5.74, 6) is -0.799. The van der Waals surface area contributed by atoms with E-state index in [0.29, 0.717) is 5.69 Å². The lowest BCUT2D eigenvalue weighted by Crippen LogP contribution is -2.00. The molecule has 0 atom stereocenters. The molecule has 6 aromatic carbocycles. The molecule has 7 aromatic rings. The van der Waals surface area contributed by atoms with Crippen molar-refractivity contribution in [1.29, 1.82) is 0 Å². The Balaban J connectivity index is 0.000000137. The van der Waals surface area contributed by atoms with Crippen LogP contribution in [0.2, 0.25) is 0 Å². The average molecular weight is 753 g/mol. The number of fused-ring (bicyclic) bond motifs is 6. The number of aromatic nitrogens is 1. The molecule has 1 heterocycles. The molecule has 8 rings (SSSR count). The molecule has 1 aromatic heterocycles. The van der Waals surface area contributed by atoms with E-state index in [1.165, 1.54) is 44.9 Å². The predicted molar refractivity (Wildman–Crippen MR) is 191 cm³/mol. The number of nitro benzene ring substituents is 2. The second-order valence-corrected chi connectivity index (χ2v) is 12.3. The molecule has 10 heteroatoms. The van der Waals surface area contributed by atoms with Gasteiger partial charge in [0.15, 0.2) is 0 Å². The molecule has 0 amide bonds. The van der Waals surface area contributed by atoms with Gasteiger partial charge in [-0.1, -0.05) is 107 Å². The monoisotopic (exact) mass is 751 g/mol. The van der Waals surface area contributed by atoms with Crippen LogP contribution in [0.25, 0.3) is 38.6 Å². The minimum Gasteiger partial charge on any atom is -0.302 e. The van der Waals surface area contributed by atoms with Crippen molar-refractivity contribution in [3.05, 3.63) is 180 Å². The minimum atomic E-state index is -0.799. The van der Waals surface area contributed by atoms with E-state index in [9.17, 15) is 24.6 Å². The van der Waals surface area contributed by atoms with Crippen molar-refractivity contribution in [3.63, 3.8) is 0 Å². The van der Waals surface area contributed by atoms with Crippen LogP contribution in [0.3, 0.4) is 0 Å². The van der Waals surface area contributed by atoms with Crippen molar-refractivity contribution >= 4 is 65.0 Å². The smallest absolute Gasteiger partial charge is 0.302 e. The largest absolute Gasteiger partial charge is 0.304 e. The molecule has 0 N–H and O–H groups in total. The molecule has 0 aliphatic heterocycles. The number of benzene rings is 6.